The highest BCUT2D eigenvalue weighted by atomic mass is 79.9. The van der Waals surface area contributed by atoms with Crippen molar-refractivity contribution in [2.75, 3.05) is 20.0 Å². The van der Waals surface area contributed by atoms with Crippen molar-refractivity contribution in [3.05, 3.63) is 46.9 Å². The Balaban J connectivity index is 2.34. The molecule has 2 aromatic carbocycles. The summed E-state index contributed by atoms with van der Waals surface area (Å²) < 4.78 is 11.7. The Labute approximate surface area is 137 Å². The van der Waals surface area contributed by atoms with E-state index in [0.717, 1.165) is 26.5 Å². The van der Waals surface area contributed by atoms with Crippen LogP contribution in [-0.4, -0.2) is 19.2 Å². The van der Waals surface area contributed by atoms with Crippen molar-refractivity contribution < 1.29 is 9.47 Å². The quantitative estimate of drug-likeness (QED) is 0.759. The van der Waals surface area contributed by atoms with E-state index in [1.807, 2.05) is 42.5 Å². The molecule has 0 unspecified atom stereocenters. The molecule has 0 fully saturated rings. The van der Waals surface area contributed by atoms with Crippen molar-refractivity contribution in [1.29, 1.82) is 0 Å². The summed E-state index contributed by atoms with van der Waals surface area (Å²) >= 11 is 3.50. The minimum absolute atomic E-state index is 0.467. The molecule has 0 atom stereocenters. The van der Waals surface area contributed by atoms with Crippen molar-refractivity contribution in [2.45, 2.75) is 0 Å². The van der Waals surface area contributed by atoms with Gasteiger partial charge in [0, 0.05) is 15.9 Å². The van der Waals surface area contributed by atoms with Crippen LogP contribution in [0.4, 0.5) is 5.82 Å². The van der Waals surface area contributed by atoms with Crippen LogP contribution in [0.1, 0.15) is 0 Å². The van der Waals surface area contributed by atoms with Crippen molar-refractivity contribution >= 4 is 32.7 Å². The SMILES string of the molecule is COc1cc2nc(N)cc(-c3cccc(Br)c3)c2cc1OC. The minimum Gasteiger partial charge on any atom is -0.493 e. The number of nitrogens with zero attached hydrogens (tertiary/aromatic N) is 1. The molecule has 2 N–H and O–H groups in total. The van der Waals surface area contributed by atoms with E-state index < -0.39 is 0 Å². The maximum absolute atomic E-state index is 5.97. The van der Waals surface area contributed by atoms with E-state index >= 15 is 0 Å². The fraction of sp³-hybridized carbons (Fsp3) is 0.118. The van der Waals surface area contributed by atoms with Crippen molar-refractivity contribution in [3.63, 3.8) is 0 Å². The highest BCUT2D eigenvalue weighted by molar-refractivity contribution is 9.10. The number of anilines is 1. The molecular weight excluding hydrogens is 344 g/mol. The zero-order valence-corrected chi connectivity index (χ0v) is 13.8. The maximum Gasteiger partial charge on any atom is 0.162 e. The molecule has 0 radical (unpaired) electrons. The number of rotatable bonds is 3. The minimum atomic E-state index is 0.467. The molecule has 0 amide bonds. The first-order valence-corrected chi connectivity index (χ1v) is 7.50. The lowest BCUT2D eigenvalue weighted by Crippen LogP contribution is -1.96. The summed E-state index contributed by atoms with van der Waals surface area (Å²) in [5.74, 6) is 1.76. The largest absolute Gasteiger partial charge is 0.493 e. The Morgan fingerprint density at radius 3 is 2.41 bits per heavy atom. The third-order valence-corrected chi connectivity index (χ3v) is 3.96. The molecule has 1 aromatic heterocycles. The first-order valence-electron chi connectivity index (χ1n) is 6.70. The number of hydrogen-bond acceptors (Lipinski definition) is 4. The number of methoxy groups -OCH3 is 2. The third-order valence-electron chi connectivity index (χ3n) is 3.47. The number of ether oxygens (including phenoxy) is 2. The van der Waals surface area contributed by atoms with E-state index in [4.69, 9.17) is 15.2 Å². The summed E-state index contributed by atoms with van der Waals surface area (Å²) in [7, 11) is 3.22. The van der Waals surface area contributed by atoms with Crippen LogP contribution < -0.4 is 15.2 Å². The van der Waals surface area contributed by atoms with Gasteiger partial charge < -0.3 is 15.2 Å². The smallest absolute Gasteiger partial charge is 0.162 e. The third kappa shape index (κ3) is 2.60. The molecular formula is C17H15BrN2O2. The molecule has 0 saturated heterocycles. The average Bonchev–Trinajstić information content (AvgIpc) is 2.52. The molecule has 1 heterocycles. The van der Waals surface area contributed by atoms with Gasteiger partial charge >= 0.3 is 0 Å². The van der Waals surface area contributed by atoms with Gasteiger partial charge in [0.2, 0.25) is 0 Å². The summed E-state index contributed by atoms with van der Waals surface area (Å²) in [6.45, 7) is 0. The van der Waals surface area contributed by atoms with E-state index in [9.17, 15) is 0 Å². The van der Waals surface area contributed by atoms with Crippen LogP contribution in [0.25, 0.3) is 22.0 Å². The molecule has 5 heteroatoms. The van der Waals surface area contributed by atoms with Gasteiger partial charge in [-0.15, -0.1) is 0 Å². The number of benzene rings is 2. The number of pyridine rings is 1. The zero-order chi connectivity index (χ0) is 15.7. The summed E-state index contributed by atoms with van der Waals surface area (Å²) in [5, 5.41) is 0.963. The second kappa shape index (κ2) is 5.85. The van der Waals surface area contributed by atoms with Gasteiger partial charge in [0.15, 0.2) is 11.5 Å². The first kappa shape index (κ1) is 14.7. The molecule has 0 bridgehead atoms. The Bertz CT molecular complexity index is 849. The van der Waals surface area contributed by atoms with Gasteiger partial charge in [0.05, 0.1) is 19.7 Å². The fourth-order valence-corrected chi connectivity index (χ4v) is 2.87. The molecule has 112 valence electrons. The van der Waals surface area contributed by atoms with Gasteiger partial charge in [-0.05, 0) is 35.4 Å². The number of halogens is 1. The molecule has 0 aliphatic carbocycles. The molecule has 0 saturated carbocycles. The second-order valence-corrected chi connectivity index (χ2v) is 5.75. The van der Waals surface area contributed by atoms with Crippen LogP contribution in [0.5, 0.6) is 11.5 Å². The van der Waals surface area contributed by atoms with E-state index in [2.05, 4.69) is 20.9 Å². The van der Waals surface area contributed by atoms with E-state index in [0.29, 0.717) is 17.3 Å². The molecule has 22 heavy (non-hydrogen) atoms. The molecule has 0 aliphatic heterocycles. The van der Waals surface area contributed by atoms with Crippen LogP contribution in [0, 0.1) is 0 Å². The highest BCUT2D eigenvalue weighted by Gasteiger charge is 2.12. The first-order chi connectivity index (χ1) is 10.6. The van der Waals surface area contributed by atoms with Crippen LogP contribution in [0.2, 0.25) is 0 Å². The predicted octanol–water partition coefficient (Wildman–Crippen LogP) is 4.26. The van der Waals surface area contributed by atoms with Gasteiger partial charge in [-0.2, -0.15) is 0 Å². The summed E-state index contributed by atoms with van der Waals surface area (Å²) in [6.07, 6.45) is 0. The summed E-state index contributed by atoms with van der Waals surface area (Å²) in [5.41, 5.74) is 8.80. The van der Waals surface area contributed by atoms with Crippen LogP contribution in [-0.2, 0) is 0 Å². The van der Waals surface area contributed by atoms with Crippen LogP contribution >= 0.6 is 15.9 Å². The monoisotopic (exact) mass is 358 g/mol. The van der Waals surface area contributed by atoms with Crippen LogP contribution in [0.15, 0.2) is 46.9 Å². The van der Waals surface area contributed by atoms with Crippen molar-refractivity contribution in [1.82, 2.24) is 4.98 Å². The average molecular weight is 359 g/mol. The van der Waals surface area contributed by atoms with E-state index in [-0.39, 0.29) is 0 Å². The molecule has 3 rings (SSSR count). The normalized spacial score (nSPS) is 10.7. The van der Waals surface area contributed by atoms with Gasteiger partial charge in [-0.25, -0.2) is 4.98 Å². The Morgan fingerprint density at radius 2 is 1.73 bits per heavy atom. The Hall–Kier alpha value is -2.27. The number of nitrogens with two attached hydrogens (primary N) is 1. The van der Waals surface area contributed by atoms with Gasteiger partial charge in [-0.1, -0.05) is 28.1 Å². The number of nitrogen functional groups attached to an aromatic ring is 1. The van der Waals surface area contributed by atoms with Gasteiger partial charge in [0.25, 0.3) is 0 Å². The standard InChI is InChI=1S/C17H15BrN2O2/c1-21-15-7-13-12(10-4-3-5-11(18)6-10)8-17(19)20-14(13)9-16(15)22-2/h3-9H,1-2H3,(H2,19,20). The zero-order valence-electron chi connectivity index (χ0n) is 12.3. The molecule has 4 nitrogen and oxygen atoms in total. The maximum atomic E-state index is 5.97. The second-order valence-electron chi connectivity index (χ2n) is 4.83. The number of fused-ring (bicyclic) bond motifs is 1. The predicted molar refractivity (Wildman–Crippen MR) is 92.4 cm³/mol. The molecule has 0 spiro atoms. The number of hydrogen-bond donors (Lipinski definition) is 1. The highest BCUT2D eigenvalue weighted by Crippen LogP contribution is 2.37. The Kier molecular flexibility index (Phi) is 3.90. The number of aromatic nitrogens is 1. The van der Waals surface area contributed by atoms with Crippen molar-refractivity contribution in [3.8, 4) is 22.6 Å². The van der Waals surface area contributed by atoms with E-state index in [1.54, 1.807) is 14.2 Å². The lowest BCUT2D eigenvalue weighted by Gasteiger charge is -2.13. The lowest BCUT2D eigenvalue weighted by molar-refractivity contribution is 0.356. The lowest BCUT2D eigenvalue weighted by atomic mass is 10.0. The Morgan fingerprint density at radius 1 is 1.00 bits per heavy atom. The van der Waals surface area contributed by atoms with Crippen LogP contribution in [0.3, 0.4) is 0 Å². The van der Waals surface area contributed by atoms with E-state index in [1.165, 1.54) is 0 Å². The molecule has 0 aliphatic rings. The topological polar surface area (TPSA) is 57.4 Å². The summed E-state index contributed by atoms with van der Waals surface area (Å²) in [4.78, 5) is 4.40. The molecule has 3 aromatic rings. The summed E-state index contributed by atoms with van der Waals surface area (Å²) in [6, 6.07) is 13.7. The van der Waals surface area contributed by atoms with Gasteiger partial charge in [0.1, 0.15) is 5.82 Å². The van der Waals surface area contributed by atoms with Gasteiger partial charge in [-0.3, -0.25) is 0 Å². The fourth-order valence-electron chi connectivity index (χ4n) is 2.47. The van der Waals surface area contributed by atoms with Crippen molar-refractivity contribution in [2.24, 2.45) is 0 Å².